The van der Waals surface area contributed by atoms with Crippen LogP contribution in [0, 0.1) is 17.0 Å². The fourth-order valence-electron chi connectivity index (χ4n) is 1.74. The fraction of sp³-hybridized carbons (Fsp3) is 0.308. The van der Waals surface area contributed by atoms with Crippen LogP contribution < -0.4 is 10.1 Å². The Kier molecular flexibility index (Phi) is 4.52. The van der Waals surface area contributed by atoms with Crippen LogP contribution in [0.2, 0.25) is 0 Å². The largest absolute Gasteiger partial charge is 0.493 e. The number of rotatable bonds is 6. The average molecular weight is 293 g/mol. The second-order valence-electron chi connectivity index (χ2n) is 4.18. The van der Waals surface area contributed by atoms with Gasteiger partial charge in [0, 0.05) is 36.2 Å². The summed E-state index contributed by atoms with van der Waals surface area (Å²) in [5.74, 6) is 0.491. The molecule has 0 unspecified atom stereocenters. The number of anilines is 1. The molecule has 0 saturated carbocycles. The number of nitrogens with one attached hydrogen (secondary N) is 1. The highest BCUT2D eigenvalue weighted by Crippen LogP contribution is 2.26. The first kappa shape index (κ1) is 14.3. The van der Waals surface area contributed by atoms with Crippen molar-refractivity contribution in [3.8, 4) is 5.75 Å². The van der Waals surface area contributed by atoms with Gasteiger partial charge in [0.15, 0.2) is 0 Å². The summed E-state index contributed by atoms with van der Waals surface area (Å²) >= 11 is 1.59. The molecule has 0 bridgehead atoms. The molecule has 0 atom stereocenters. The SMILES string of the molecule is CNc1cc(OCCc2scnc2C)cc([N+](=O)[O-])c1. The second kappa shape index (κ2) is 6.33. The Labute approximate surface area is 120 Å². The van der Waals surface area contributed by atoms with Crippen LogP contribution in [-0.2, 0) is 6.42 Å². The molecule has 20 heavy (non-hydrogen) atoms. The number of non-ortho nitro benzene ring substituents is 1. The third-order valence-corrected chi connectivity index (χ3v) is 3.83. The van der Waals surface area contributed by atoms with Crippen LogP contribution in [0.5, 0.6) is 5.75 Å². The van der Waals surface area contributed by atoms with E-state index in [-0.39, 0.29) is 5.69 Å². The highest BCUT2D eigenvalue weighted by molar-refractivity contribution is 7.09. The molecular formula is C13H15N3O3S. The zero-order valence-corrected chi connectivity index (χ0v) is 12.1. The van der Waals surface area contributed by atoms with Crippen LogP contribution in [0.1, 0.15) is 10.6 Å². The van der Waals surface area contributed by atoms with E-state index in [1.165, 1.54) is 17.0 Å². The minimum absolute atomic E-state index is 0.0146. The summed E-state index contributed by atoms with van der Waals surface area (Å²) in [7, 11) is 1.71. The van der Waals surface area contributed by atoms with Crippen LogP contribution >= 0.6 is 11.3 Å². The monoisotopic (exact) mass is 293 g/mol. The third-order valence-electron chi connectivity index (χ3n) is 2.83. The van der Waals surface area contributed by atoms with Crippen molar-refractivity contribution < 1.29 is 9.66 Å². The van der Waals surface area contributed by atoms with Gasteiger partial charge < -0.3 is 10.1 Å². The highest BCUT2D eigenvalue weighted by Gasteiger charge is 2.10. The van der Waals surface area contributed by atoms with Crippen LogP contribution in [0.4, 0.5) is 11.4 Å². The number of aryl methyl sites for hydroxylation is 1. The molecule has 6 nitrogen and oxygen atoms in total. The van der Waals surface area contributed by atoms with E-state index in [2.05, 4.69) is 10.3 Å². The lowest BCUT2D eigenvalue weighted by Gasteiger charge is -2.08. The van der Waals surface area contributed by atoms with E-state index < -0.39 is 4.92 Å². The molecule has 1 heterocycles. The Morgan fingerprint density at radius 3 is 2.85 bits per heavy atom. The van der Waals surface area contributed by atoms with Gasteiger partial charge in [0.2, 0.25) is 0 Å². The van der Waals surface area contributed by atoms with E-state index in [9.17, 15) is 10.1 Å². The zero-order valence-electron chi connectivity index (χ0n) is 11.3. The molecule has 106 valence electrons. The molecule has 0 aliphatic carbocycles. The number of nitrogens with zero attached hydrogens (tertiary/aromatic N) is 2. The first-order valence-corrected chi connectivity index (χ1v) is 6.97. The molecule has 0 spiro atoms. The molecule has 2 aromatic rings. The number of hydrogen-bond donors (Lipinski definition) is 1. The summed E-state index contributed by atoms with van der Waals surface area (Å²) in [6.45, 7) is 2.42. The molecule has 2 rings (SSSR count). The summed E-state index contributed by atoms with van der Waals surface area (Å²) in [6, 6.07) is 4.65. The van der Waals surface area contributed by atoms with Gasteiger partial charge in [0.25, 0.3) is 5.69 Å². The van der Waals surface area contributed by atoms with Gasteiger partial charge in [-0.15, -0.1) is 11.3 Å². The molecule has 1 aromatic carbocycles. The predicted octanol–water partition coefficient (Wildman–Crippen LogP) is 3.02. The van der Waals surface area contributed by atoms with Gasteiger partial charge in [-0.25, -0.2) is 4.98 Å². The number of hydrogen-bond acceptors (Lipinski definition) is 6. The highest BCUT2D eigenvalue weighted by atomic mass is 32.1. The van der Waals surface area contributed by atoms with Crippen molar-refractivity contribution in [2.45, 2.75) is 13.3 Å². The maximum Gasteiger partial charge on any atom is 0.275 e. The van der Waals surface area contributed by atoms with E-state index in [4.69, 9.17) is 4.74 Å². The maximum atomic E-state index is 10.8. The minimum Gasteiger partial charge on any atom is -0.493 e. The van der Waals surface area contributed by atoms with Gasteiger partial charge in [0.05, 0.1) is 28.8 Å². The summed E-state index contributed by atoms with van der Waals surface area (Å²) in [5.41, 5.74) is 3.48. The molecule has 0 radical (unpaired) electrons. The predicted molar refractivity (Wildman–Crippen MR) is 78.7 cm³/mol. The molecule has 0 fully saturated rings. The molecule has 0 aliphatic heterocycles. The fourth-order valence-corrected chi connectivity index (χ4v) is 2.51. The first-order chi connectivity index (χ1) is 9.60. The van der Waals surface area contributed by atoms with Crippen LogP contribution in [-0.4, -0.2) is 23.6 Å². The van der Waals surface area contributed by atoms with Crippen molar-refractivity contribution in [2.75, 3.05) is 19.0 Å². The lowest BCUT2D eigenvalue weighted by Crippen LogP contribution is -2.02. The number of nitro benzene ring substituents is 1. The normalized spacial score (nSPS) is 10.3. The summed E-state index contributed by atoms with van der Waals surface area (Å²) in [4.78, 5) is 15.8. The molecule has 0 aliphatic rings. The minimum atomic E-state index is -0.430. The van der Waals surface area contributed by atoms with Crippen LogP contribution in [0.25, 0.3) is 0 Å². The van der Waals surface area contributed by atoms with E-state index in [1.54, 1.807) is 30.0 Å². The van der Waals surface area contributed by atoms with Crippen molar-refractivity contribution in [3.05, 3.63) is 44.4 Å². The lowest BCUT2D eigenvalue weighted by molar-refractivity contribution is -0.384. The number of aromatic nitrogens is 1. The van der Waals surface area contributed by atoms with Crippen molar-refractivity contribution in [3.63, 3.8) is 0 Å². The Morgan fingerprint density at radius 2 is 2.25 bits per heavy atom. The Morgan fingerprint density at radius 1 is 1.45 bits per heavy atom. The number of thiazole rings is 1. The Hall–Kier alpha value is -2.15. The molecule has 7 heteroatoms. The topological polar surface area (TPSA) is 77.3 Å². The number of benzene rings is 1. The van der Waals surface area contributed by atoms with Gasteiger partial charge in [-0.2, -0.15) is 0 Å². The molecule has 1 N–H and O–H groups in total. The molecule has 0 saturated heterocycles. The van der Waals surface area contributed by atoms with Crippen molar-refractivity contribution in [1.29, 1.82) is 0 Å². The number of nitro groups is 1. The van der Waals surface area contributed by atoms with E-state index >= 15 is 0 Å². The smallest absolute Gasteiger partial charge is 0.275 e. The second-order valence-corrected chi connectivity index (χ2v) is 5.12. The Balaban J connectivity index is 2.03. The van der Waals surface area contributed by atoms with Crippen LogP contribution in [0.15, 0.2) is 23.7 Å². The summed E-state index contributed by atoms with van der Waals surface area (Å²) in [6.07, 6.45) is 0.744. The van der Waals surface area contributed by atoms with Gasteiger partial charge >= 0.3 is 0 Å². The van der Waals surface area contributed by atoms with Gasteiger partial charge in [-0.3, -0.25) is 10.1 Å². The zero-order chi connectivity index (χ0) is 14.5. The third kappa shape index (κ3) is 3.45. The van der Waals surface area contributed by atoms with E-state index in [0.717, 1.165) is 12.1 Å². The summed E-state index contributed by atoms with van der Waals surface area (Å²) < 4.78 is 5.60. The van der Waals surface area contributed by atoms with Gasteiger partial charge in [-0.05, 0) is 6.92 Å². The quantitative estimate of drug-likeness (QED) is 0.654. The van der Waals surface area contributed by atoms with E-state index in [1.807, 2.05) is 6.92 Å². The lowest BCUT2D eigenvalue weighted by atomic mass is 10.2. The van der Waals surface area contributed by atoms with Gasteiger partial charge in [-0.1, -0.05) is 0 Å². The van der Waals surface area contributed by atoms with Crippen LogP contribution in [0.3, 0.4) is 0 Å². The standard InChI is InChI=1S/C13H15N3O3S/c1-9-13(20-8-15-9)3-4-19-12-6-10(14-2)5-11(7-12)16(17)18/h5-8,14H,3-4H2,1-2H3. The Bertz CT molecular complexity index is 613. The summed E-state index contributed by atoms with van der Waals surface area (Å²) in [5, 5.41) is 13.7. The average Bonchev–Trinajstić information content (AvgIpc) is 2.84. The molecule has 0 amide bonds. The molecular weight excluding hydrogens is 278 g/mol. The molecule has 1 aromatic heterocycles. The van der Waals surface area contributed by atoms with Crippen molar-refractivity contribution in [1.82, 2.24) is 4.98 Å². The van der Waals surface area contributed by atoms with E-state index in [0.29, 0.717) is 18.0 Å². The number of ether oxygens (including phenoxy) is 1. The van der Waals surface area contributed by atoms with Gasteiger partial charge in [0.1, 0.15) is 5.75 Å². The maximum absolute atomic E-state index is 10.8. The first-order valence-electron chi connectivity index (χ1n) is 6.09. The van der Waals surface area contributed by atoms with Crippen molar-refractivity contribution >= 4 is 22.7 Å². The van der Waals surface area contributed by atoms with Crippen molar-refractivity contribution in [2.24, 2.45) is 0 Å².